The second-order valence-corrected chi connectivity index (χ2v) is 5.79. The molecule has 19 heavy (non-hydrogen) atoms. The van der Waals surface area contributed by atoms with Crippen LogP contribution >= 0.6 is 23.2 Å². The summed E-state index contributed by atoms with van der Waals surface area (Å²) in [5.74, 6) is -0.00477. The first-order valence-electron chi connectivity index (χ1n) is 6.43. The fraction of sp³-hybridized carbons (Fsp3) is 0.500. The van der Waals surface area contributed by atoms with E-state index in [4.69, 9.17) is 23.2 Å². The number of amides is 1. The third-order valence-electron chi connectivity index (χ3n) is 3.65. The number of alkyl halides is 1. The van der Waals surface area contributed by atoms with E-state index in [0.717, 1.165) is 25.7 Å². The molecule has 5 heteroatoms. The van der Waals surface area contributed by atoms with Crippen molar-refractivity contribution in [2.24, 2.45) is 0 Å². The fourth-order valence-electron chi connectivity index (χ4n) is 2.53. The largest absolute Gasteiger partial charge is 0.507 e. The maximum Gasteiger partial charge on any atom is 0.255 e. The van der Waals surface area contributed by atoms with Gasteiger partial charge in [-0.25, -0.2) is 0 Å². The minimum atomic E-state index is -0.344. The smallest absolute Gasteiger partial charge is 0.255 e. The first-order chi connectivity index (χ1) is 9.06. The van der Waals surface area contributed by atoms with Crippen LogP contribution in [0.4, 0.5) is 0 Å². The van der Waals surface area contributed by atoms with E-state index in [1.807, 2.05) is 0 Å². The van der Waals surface area contributed by atoms with Gasteiger partial charge in [0.1, 0.15) is 5.75 Å². The minimum absolute atomic E-state index is 0.106. The summed E-state index contributed by atoms with van der Waals surface area (Å²) < 4.78 is 0. The number of nitrogens with one attached hydrogen (secondary N) is 1. The Morgan fingerprint density at radius 3 is 2.58 bits per heavy atom. The number of aromatic hydroxyl groups is 1. The van der Waals surface area contributed by atoms with Crippen molar-refractivity contribution >= 4 is 29.1 Å². The quantitative estimate of drug-likeness (QED) is 0.836. The number of phenolic OH excluding ortho intramolecular Hbond substituents is 1. The number of hydrogen-bond donors (Lipinski definition) is 2. The zero-order chi connectivity index (χ0) is 13.9. The Morgan fingerprint density at radius 2 is 2.00 bits per heavy atom. The minimum Gasteiger partial charge on any atom is -0.507 e. The van der Waals surface area contributed by atoms with Crippen molar-refractivity contribution in [2.45, 2.75) is 37.6 Å². The summed E-state index contributed by atoms with van der Waals surface area (Å²) in [6, 6.07) is 4.48. The highest BCUT2D eigenvalue weighted by molar-refractivity contribution is 6.30. The van der Waals surface area contributed by atoms with Gasteiger partial charge in [-0.05, 0) is 31.0 Å². The van der Waals surface area contributed by atoms with Crippen molar-refractivity contribution < 1.29 is 9.90 Å². The number of phenols is 1. The zero-order valence-corrected chi connectivity index (χ0v) is 12.1. The van der Waals surface area contributed by atoms with Crippen LogP contribution < -0.4 is 5.32 Å². The third kappa shape index (κ3) is 3.34. The van der Waals surface area contributed by atoms with Crippen molar-refractivity contribution in [3.63, 3.8) is 0 Å². The normalized spacial score (nSPS) is 18.0. The molecule has 2 rings (SSSR count). The van der Waals surface area contributed by atoms with Gasteiger partial charge < -0.3 is 10.4 Å². The van der Waals surface area contributed by atoms with Crippen molar-refractivity contribution in [1.29, 1.82) is 0 Å². The molecule has 1 aliphatic rings. The molecule has 104 valence electrons. The number of carbonyl (C=O) groups excluding carboxylic acids is 1. The number of rotatable bonds is 3. The van der Waals surface area contributed by atoms with E-state index < -0.39 is 0 Å². The lowest BCUT2D eigenvalue weighted by molar-refractivity contribution is 0.0882. The van der Waals surface area contributed by atoms with Crippen LogP contribution in [0.1, 0.15) is 42.5 Å². The first kappa shape index (κ1) is 14.5. The molecule has 2 N–H and O–H groups in total. The van der Waals surface area contributed by atoms with Crippen LogP contribution in [-0.4, -0.2) is 22.4 Å². The van der Waals surface area contributed by atoms with Gasteiger partial charge >= 0.3 is 0 Å². The van der Waals surface area contributed by atoms with Gasteiger partial charge in [-0.15, -0.1) is 11.6 Å². The van der Waals surface area contributed by atoms with Crippen molar-refractivity contribution in [1.82, 2.24) is 5.32 Å². The molecule has 0 saturated heterocycles. The molecule has 1 saturated carbocycles. The van der Waals surface area contributed by atoms with Gasteiger partial charge in [0.25, 0.3) is 5.91 Å². The van der Waals surface area contributed by atoms with E-state index in [9.17, 15) is 9.90 Å². The van der Waals surface area contributed by atoms with E-state index in [0.29, 0.717) is 10.9 Å². The summed E-state index contributed by atoms with van der Waals surface area (Å²) in [6.07, 6.45) is 5.09. The maximum atomic E-state index is 12.2. The van der Waals surface area contributed by atoms with Crippen LogP contribution in [0.2, 0.25) is 5.02 Å². The summed E-state index contributed by atoms with van der Waals surface area (Å²) in [5.41, 5.74) is -0.109. The van der Waals surface area contributed by atoms with Gasteiger partial charge in [0.15, 0.2) is 0 Å². The standard InChI is InChI=1S/C14H17Cl2NO2/c15-9-14(6-2-1-3-7-14)17-13(19)11-5-4-10(16)8-12(11)18/h4-5,8,18H,1-3,6-7,9H2,(H,17,19). The van der Waals surface area contributed by atoms with E-state index >= 15 is 0 Å². The molecule has 1 aromatic rings. The van der Waals surface area contributed by atoms with E-state index in [2.05, 4.69) is 5.32 Å². The van der Waals surface area contributed by atoms with Gasteiger partial charge in [-0.3, -0.25) is 4.79 Å². The highest BCUT2D eigenvalue weighted by Gasteiger charge is 2.33. The molecular formula is C14H17Cl2NO2. The molecule has 1 amide bonds. The Labute approximate surface area is 122 Å². The highest BCUT2D eigenvalue weighted by Crippen LogP contribution is 2.30. The molecule has 0 aliphatic heterocycles. The molecule has 0 unspecified atom stereocenters. The molecule has 1 fully saturated rings. The lowest BCUT2D eigenvalue weighted by Crippen LogP contribution is -2.51. The van der Waals surface area contributed by atoms with Gasteiger partial charge in [-0.1, -0.05) is 30.9 Å². The second kappa shape index (κ2) is 6.02. The molecule has 0 heterocycles. The summed E-state index contributed by atoms with van der Waals surface area (Å²) in [5, 5.41) is 13.2. The van der Waals surface area contributed by atoms with Gasteiger partial charge in [0, 0.05) is 10.9 Å². The molecule has 3 nitrogen and oxygen atoms in total. The van der Waals surface area contributed by atoms with E-state index in [1.54, 1.807) is 6.07 Å². The molecule has 0 spiro atoms. The van der Waals surface area contributed by atoms with Crippen LogP contribution in [0.25, 0.3) is 0 Å². The fourth-order valence-corrected chi connectivity index (χ4v) is 3.03. The Kier molecular flexibility index (Phi) is 4.58. The Hall–Kier alpha value is -0.930. The molecular weight excluding hydrogens is 285 g/mol. The molecule has 0 aromatic heterocycles. The third-order valence-corrected chi connectivity index (χ3v) is 4.40. The highest BCUT2D eigenvalue weighted by atomic mass is 35.5. The molecule has 0 bridgehead atoms. The van der Waals surface area contributed by atoms with Gasteiger partial charge in [0.05, 0.1) is 11.1 Å². The Bertz CT molecular complexity index is 471. The average Bonchev–Trinajstić information content (AvgIpc) is 2.39. The molecule has 0 radical (unpaired) electrons. The Balaban J connectivity index is 2.15. The molecule has 0 atom stereocenters. The summed E-state index contributed by atoms with van der Waals surface area (Å²) in [6.45, 7) is 0. The molecule has 1 aromatic carbocycles. The van der Waals surface area contributed by atoms with Crippen LogP contribution in [0.15, 0.2) is 18.2 Å². The van der Waals surface area contributed by atoms with Crippen molar-refractivity contribution in [3.05, 3.63) is 28.8 Å². The monoisotopic (exact) mass is 301 g/mol. The predicted molar refractivity (Wildman–Crippen MR) is 77.1 cm³/mol. The summed E-state index contributed by atoms with van der Waals surface area (Å²) in [4.78, 5) is 12.2. The number of hydrogen-bond acceptors (Lipinski definition) is 2. The first-order valence-corrected chi connectivity index (χ1v) is 7.35. The Morgan fingerprint density at radius 1 is 1.32 bits per heavy atom. The van der Waals surface area contributed by atoms with Crippen LogP contribution in [0, 0.1) is 0 Å². The number of halogens is 2. The lowest BCUT2D eigenvalue weighted by Gasteiger charge is -2.36. The number of benzene rings is 1. The van der Waals surface area contributed by atoms with E-state index in [-0.39, 0.29) is 22.8 Å². The lowest BCUT2D eigenvalue weighted by atomic mass is 9.83. The SMILES string of the molecule is O=C(NC1(CCl)CCCCC1)c1ccc(Cl)cc1O. The second-order valence-electron chi connectivity index (χ2n) is 5.09. The van der Waals surface area contributed by atoms with Gasteiger partial charge in [-0.2, -0.15) is 0 Å². The van der Waals surface area contributed by atoms with Crippen LogP contribution in [0.5, 0.6) is 5.75 Å². The molecule has 1 aliphatic carbocycles. The average molecular weight is 302 g/mol. The van der Waals surface area contributed by atoms with Crippen molar-refractivity contribution in [2.75, 3.05) is 5.88 Å². The van der Waals surface area contributed by atoms with Crippen LogP contribution in [0.3, 0.4) is 0 Å². The van der Waals surface area contributed by atoms with Crippen molar-refractivity contribution in [3.8, 4) is 5.75 Å². The number of carbonyl (C=O) groups is 1. The maximum absolute atomic E-state index is 12.2. The van der Waals surface area contributed by atoms with Gasteiger partial charge in [0.2, 0.25) is 0 Å². The summed E-state index contributed by atoms with van der Waals surface area (Å²) in [7, 11) is 0. The predicted octanol–water partition coefficient (Wildman–Crippen LogP) is 3.72. The van der Waals surface area contributed by atoms with E-state index in [1.165, 1.54) is 18.6 Å². The van der Waals surface area contributed by atoms with Crippen LogP contribution in [-0.2, 0) is 0 Å². The zero-order valence-electron chi connectivity index (χ0n) is 10.6. The topological polar surface area (TPSA) is 49.3 Å². The summed E-state index contributed by atoms with van der Waals surface area (Å²) >= 11 is 11.8.